The van der Waals surface area contributed by atoms with Gasteiger partial charge in [0.05, 0.1) is 0 Å². The molecular formula is C14H23N3O. The molecule has 0 unspecified atom stereocenters. The van der Waals surface area contributed by atoms with E-state index in [1.807, 2.05) is 6.07 Å². The molecule has 4 nitrogen and oxygen atoms in total. The average molecular weight is 249 g/mol. The first kappa shape index (κ1) is 14.5. The number of nitrogens with zero attached hydrogens (tertiary/aromatic N) is 1. The topological polar surface area (TPSA) is 45.7 Å². The van der Waals surface area contributed by atoms with E-state index in [0.29, 0.717) is 0 Å². The van der Waals surface area contributed by atoms with Crippen LogP contribution in [0.2, 0.25) is 0 Å². The van der Waals surface area contributed by atoms with Gasteiger partial charge in [-0.3, -0.25) is 4.99 Å². The Morgan fingerprint density at radius 1 is 1.17 bits per heavy atom. The molecule has 0 fully saturated rings. The summed E-state index contributed by atoms with van der Waals surface area (Å²) in [6, 6.07) is 10.4. The van der Waals surface area contributed by atoms with E-state index in [4.69, 9.17) is 4.74 Å². The van der Waals surface area contributed by atoms with Crippen LogP contribution in [0.1, 0.15) is 12.0 Å². The van der Waals surface area contributed by atoms with Crippen molar-refractivity contribution in [3.8, 4) is 0 Å². The molecule has 0 bridgehead atoms. The Morgan fingerprint density at radius 3 is 2.56 bits per heavy atom. The van der Waals surface area contributed by atoms with Crippen LogP contribution in [0, 0.1) is 0 Å². The molecule has 18 heavy (non-hydrogen) atoms. The monoisotopic (exact) mass is 249 g/mol. The normalized spacial score (nSPS) is 11.3. The lowest BCUT2D eigenvalue weighted by atomic mass is 10.1. The van der Waals surface area contributed by atoms with E-state index in [2.05, 4.69) is 39.9 Å². The summed E-state index contributed by atoms with van der Waals surface area (Å²) >= 11 is 0. The molecule has 0 aliphatic heterocycles. The summed E-state index contributed by atoms with van der Waals surface area (Å²) < 4.78 is 5.00. The Kier molecular flexibility index (Phi) is 7.64. The summed E-state index contributed by atoms with van der Waals surface area (Å²) in [5.41, 5.74) is 1.33. The summed E-state index contributed by atoms with van der Waals surface area (Å²) in [7, 11) is 3.50. The second-order valence-electron chi connectivity index (χ2n) is 4.01. The third-order valence-corrected chi connectivity index (χ3v) is 2.59. The Balaban J connectivity index is 2.16. The van der Waals surface area contributed by atoms with E-state index in [1.165, 1.54) is 5.56 Å². The molecular weight excluding hydrogens is 226 g/mol. The van der Waals surface area contributed by atoms with E-state index in [1.54, 1.807) is 14.2 Å². The van der Waals surface area contributed by atoms with Gasteiger partial charge in [0.15, 0.2) is 5.96 Å². The van der Waals surface area contributed by atoms with Gasteiger partial charge in [-0.1, -0.05) is 30.3 Å². The first-order valence-electron chi connectivity index (χ1n) is 6.34. The lowest BCUT2D eigenvalue weighted by Crippen LogP contribution is -2.38. The SMILES string of the molecule is CN=C(NCCCOC)NCCc1ccccc1. The highest BCUT2D eigenvalue weighted by Crippen LogP contribution is 1.97. The zero-order chi connectivity index (χ0) is 13.1. The third-order valence-electron chi connectivity index (χ3n) is 2.59. The molecule has 0 aliphatic rings. The van der Waals surface area contributed by atoms with E-state index >= 15 is 0 Å². The molecule has 1 rings (SSSR count). The molecule has 0 atom stereocenters. The second-order valence-corrected chi connectivity index (χ2v) is 4.01. The molecule has 0 spiro atoms. The van der Waals surface area contributed by atoms with Crippen LogP contribution >= 0.6 is 0 Å². The van der Waals surface area contributed by atoms with Crippen molar-refractivity contribution in [1.82, 2.24) is 10.6 Å². The quantitative estimate of drug-likeness (QED) is 0.436. The molecule has 0 aliphatic carbocycles. The van der Waals surface area contributed by atoms with Gasteiger partial charge in [-0.15, -0.1) is 0 Å². The molecule has 1 aromatic carbocycles. The van der Waals surface area contributed by atoms with Gasteiger partial charge in [-0.2, -0.15) is 0 Å². The smallest absolute Gasteiger partial charge is 0.190 e. The van der Waals surface area contributed by atoms with Gasteiger partial charge in [0.2, 0.25) is 0 Å². The second kappa shape index (κ2) is 9.48. The number of hydrogen-bond acceptors (Lipinski definition) is 2. The summed E-state index contributed by atoms with van der Waals surface area (Å²) in [4.78, 5) is 4.17. The molecule has 0 saturated carbocycles. The van der Waals surface area contributed by atoms with Gasteiger partial charge in [-0.05, 0) is 18.4 Å². The number of ether oxygens (including phenoxy) is 1. The summed E-state index contributed by atoms with van der Waals surface area (Å²) in [6.45, 7) is 2.53. The summed E-state index contributed by atoms with van der Waals surface area (Å²) in [6.07, 6.45) is 1.98. The number of rotatable bonds is 7. The van der Waals surface area contributed by atoms with Crippen LogP contribution in [0.25, 0.3) is 0 Å². The summed E-state index contributed by atoms with van der Waals surface area (Å²) in [5, 5.41) is 6.54. The molecule has 4 heteroatoms. The Bertz CT molecular complexity index is 338. The lowest BCUT2D eigenvalue weighted by molar-refractivity contribution is 0.195. The van der Waals surface area contributed by atoms with Crippen LogP contribution in [0.5, 0.6) is 0 Å². The van der Waals surface area contributed by atoms with Crippen molar-refractivity contribution in [1.29, 1.82) is 0 Å². The van der Waals surface area contributed by atoms with Crippen LogP contribution in [0.15, 0.2) is 35.3 Å². The predicted molar refractivity (Wildman–Crippen MR) is 76.0 cm³/mol. The number of guanidine groups is 1. The number of benzene rings is 1. The lowest BCUT2D eigenvalue weighted by Gasteiger charge is -2.11. The highest BCUT2D eigenvalue weighted by Gasteiger charge is 1.96. The van der Waals surface area contributed by atoms with Gasteiger partial charge in [0.1, 0.15) is 0 Å². The molecule has 2 N–H and O–H groups in total. The molecule has 0 amide bonds. The van der Waals surface area contributed by atoms with E-state index in [-0.39, 0.29) is 0 Å². The fourth-order valence-electron chi connectivity index (χ4n) is 1.61. The van der Waals surface area contributed by atoms with E-state index < -0.39 is 0 Å². The number of hydrogen-bond donors (Lipinski definition) is 2. The molecule has 1 aromatic rings. The van der Waals surface area contributed by atoms with Crippen LogP contribution in [-0.4, -0.2) is 39.8 Å². The molecule has 0 heterocycles. The van der Waals surface area contributed by atoms with Crippen molar-refractivity contribution in [2.75, 3.05) is 33.9 Å². The molecule has 0 saturated heterocycles. The minimum absolute atomic E-state index is 0.772. The zero-order valence-corrected chi connectivity index (χ0v) is 11.3. The zero-order valence-electron chi connectivity index (χ0n) is 11.3. The fraction of sp³-hybridized carbons (Fsp3) is 0.500. The van der Waals surface area contributed by atoms with Gasteiger partial charge >= 0.3 is 0 Å². The van der Waals surface area contributed by atoms with E-state index in [0.717, 1.165) is 38.5 Å². The fourth-order valence-corrected chi connectivity index (χ4v) is 1.61. The minimum atomic E-state index is 0.772. The molecule has 0 aromatic heterocycles. The van der Waals surface area contributed by atoms with Crippen molar-refractivity contribution < 1.29 is 4.74 Å². The maximum absolute atomic E-state index is 5.00. The van der Waals surface area contributed by atoms with Gasteiger partial charge in [0.25, 0.3) is 0 Å². The highest BCUT2D eigenvalue weighted by atomic mass is 16.5. The minimum Gasteiger partial charge on any atom is -0.385 e. The van der Waals surface area contributed by atoms with Crippen molar-refractivity contribution in [3.05, 3.63) is 35.9 Å². The van der Waals surface area contributed by atoms with Crippen molar-refractivity contribution in [2.24, 2.45) is 4.99 Å². The summed E-state index contributed by atoms with van der Waals surface area (Å²) in [5.74, 6) is 0.849. The number of aliphatic imine (C=N–C) groups is 1. The van der Waals surface area contributed by atoms with Crippen molar-refractivity contribution in [3.63, 3.8) is 0 Å². The Labute approximate surface area is 109 Å². The van der Waals surface area contributed by atoms with Crippen LogP contribution < -0.4 is 10.6 Å². The van der Waals surface area contributed by atoms with Gasteiger partial charge in [0, 0.05) is 33.9 Å². The highest BCUT2D eigenvalue weighted by molar-refractivity contribution is 5.79. The standard InChI is InChI=1S/C14H23N3O/c1-15-14(16-10-6-12-18-2)17-11-9-13-7-4-3-5-8-13/h3-5,7-8H,6,9-12H2,1-2H3,(H2,15,16,17). The largest absolute Gasteiger partial charge is 0.385 e. The average Bonchev–Trinajstić information content (AvgIpc) is 2.42. The van der Waals surface area contributed by atoms with Crippen LogP contribution in [0.3, 0.4) is 0 Å². The maximum atomic E-state index is 5.00. The molecule has 0 radical (unpaired) electrons. The van der Waals surface area contributed by atoms with Crippen LogP contribution in [-0.2, 0) is 11.2 Å². The van der Waals surface area contributed by atoms with Gasteiger partial charge in [-0.25, -0.2) is 0 Å². The first-order chi connectivity index (χ1) is 8.86. The number of methoxy groups -OCH3 is 1. The number of nitrogens with one attached hydrogen (secondary N) is 2. The Morgan fingerprint density at radius 2 is 1.89 bits per heavy atom. The first-order valence-corrected chi connectivity index (χ1v) is 6.34. The van der Waals surface area contributed by atoms with Crippen molar-refractivity contribution >= 4 is 5.96 Å². The van der Waals surface area contributed by atoms with Crippen molar-refractivity contribution in [2.45, 2.75) is 12.8 Å². The van der Waals surface area contributed by atoms with Crippen LogP contribution in [0.4, 0.5) is 0 Å². The van der Waals surface area contributed by atoms with Gasteiger partial charge < -0.3 is 15.4 Å². The maximum Gasteiger partial charge on any atom is 0.190 e. The van der Waals surface area contributed by atoms with E-state index in [9.17, 15) is 0 Å². The Hall–Kier alpha value is -1.55. The predicted octanol–water partition coefficient (Wildman–Crippen LogP) is 1.43. The molecule has 100 valence electrons. The third kappa shape index (κ3) is 6.25.